The second-order valence-electron chi connectivity index (χ2n) is 7.24. The van der Waals surface area contributed by atoms with Crippen molar-refractivity contribution in [2.75, 3.05) is 20.2 Å². The van der Waals surface area contributed by atoms with Gasteiger partial charge in [0, 0.05) is 24.2 Å². The van der Waals surface area contributed by atoms with Crippen LogP contribution in [0.3, 0.4) is 0 Å². The number of methoxy groups -OCH3 is 1. The molecular weight excluding hydrogens is 300 g/mol. The summed E-state index contributed by atoms with van der Waals surface area (Å²) in [5, 5.41) is 12.2. The summed E-state index contributed by atoms with van der Waals surface area (Å²) in [7, 11) is 1.67. The first kappa shape index (κ1) is 15.9. The lowest BCUT2D eigenvalue weighted by atomic mass is 9.72. The molecule has 1 aromatic heterocycles. The average molecular weight is 326 g/mol. The number of benzene rings is 1. The van der Waals surface area contributed by atoms with Crippen molar-refractivity contribution in [3.63, 3.8) is 0 Å². The van der Waals surface area contributed by atoms with Gasteiger partial charge in [-0.3, -0.25) is 9.88 Å². The standard InChI is InChI=1S/C20H26N2O2/c1-3-13-12-22-9-7-14(13)10-19(22)20(23)16-6-8-21-18-5-4-15(24-2)11-17(16)18/h4-6,8,11,13-14,19-20,23H,3,7,9-10,12H2,1-2H3/t13-,14+,19-,20?/m0/s1. The molecule has 4 nitrogen and oxygen atoms in total. The number of hydrogen-bond donors (Lipinski definition) is 1. The van der Waals surface area contributed by atoms with E-state index >= 15 is 0 Å². The van der Waals surface area contributed by atoms with Crippen LogP contribution in [0.15, 0.2) is 30.5 Å². The predicted octanol–water partition coefficient (Wildman–Crippen LogP) is 3.40. The molecule has 4 heterocycles. The number of aliphatic hydroxyl groups excluding tert-OH is 1. The van der Waals surface area contributed by atoms with E-state index in [0.29, 0.717) is 0 Å². The number of ether oxygens (including phenoxy) is 1. The van der Waals surface area contributed by atoms with E-state index in [-0.39, 0.29) is 6.04 Å². The van der Waals surface area contributed by atoms with E-state index in [2.05, 4.69) is 16.8 Å². The van der Waals surface area contributed by atoms with Crippen molar-refractivity contribution < 1.29 is 9.84 Å². The minimum absolute atomic E-state index is 0.225. The highest BCUT2D eigenvalue weighted by atomic mass is 16.5. The van der Waals surface area contributed by atoms with E-state index in [9.17, 15) is 5.11 Å². The van der Waals surface area contributed by atoms with E-state index in [1.165, 1.54) is 12.8 Å². The Morgan fingerprint density at radius 2 is 2.25 bits per heavy atom. The minimum atomic E-state index is -0.469. The van der Waals surface area contributed by atoms with Crippen LogP contribution < -0.4 is 4.74 Å². The molecule has 0 saturated carbocycles. The van der Waals surface area contributed by atoms with Crippen LogP contribution in [0.2, 0.25) is 0 Å². The monoisotopic (exact) mass is 326 g/mol. The summed E-state index contributed by atoms with van der Waals surface area (Å²) < 4.78 is 5.36. The number of aromatic nitrogens is 1. The molecule has 128 valence electrons. The van der Waals surface area contributed by atoms with Crippen LogP contribution in [0.5, 0.6) is 5.75 Å². The lowest BCUT2D eigenvalue weighted by molar-refractivity contribution is -0.0562. The van der Waals surface area contributed by atoms with E-state index in [0.717, 1.165) is 53.6 Å². The van der Waals surface area contributed by atoms with Gasteiger partial charge < -0.3 is 9.84 Å². The number of piperidine rings is 3. The van der Waals surface area contributed by atoms with Gasteiger partial charge in [-0.1, -0.05) is 13.3 Å². The molecule has 3 aliphatic rings. The Kier molecular flexibility index (Phi) is 4.19. The average Bonchev–Trinajstić information content (AvgIpc) is 2.66. The normalized spacial score (nSPS) is 30.5. The van der Waals surface area contributed by atoms with Crippen molar-refractivity contribution in [1.82, 2.24) is 9.88 Å². The van der Waals surface area contributed by atoms with E-state index in [1.54, 1.807) is 13.3 Å². The van der Waals surface area contributed by atoms with Crippen molar-refractivity contribution in [1.29, 1.82) is 0 Å². The van der Waals surface area contributed by atoms with Gasteiger partial charge in [-0.2, -0.15) is 0 Å². The summed E-state index contributed by atoms with van der Waals surface area (Å²) in [6.45, 7) is 4.55. The number of aliphatic hydroxyl groups is 1. The zero-order chi connectivity index (χ0) is 16.7. The molecule has 3 fully saturated rings. The summed E-state index contributed by atoms with van der Waals surface area (Å²) in [6.07, 6.45) is 4.97. The van der Waals surface area contributed by atoms with Gasteiger partial charge >= 0.3 is 0 Å². The van der Waals surface area contributed by atoms with E-state index in [1.807, 2.05) is 24.3 Å². The molecule has 24 heavy (non-hydrogen) atoms. The second-order valence-corrected chi connectivity index (χ2v) is 7.24. The maximum absolute atomic E-state index is 11.2. The lowest BCUT2D eigenvalue weighted by Gasteiger charge is -2.51. The molecule has 0 radical (unpaired) electrons. The SMILES string of the molecule is CC[C@H]1CN2CC[C@@H]1C[C@H]2C(O)c1ccnc2ccc(OC)cc12. The third-order valence-corrected chi connectivity index (χ3v) is 6.13. The molecule has 0 amide bonds. The second kappa shape index (κ2) is 6.34. The first-order valence-electron chi connectivity index (χ1n) is 9.06. The van der Waals surface area contributed by atoms with Crippen molar-refractivity contribution in [3.8, 4) is 5.75 Å². The van der Waals surface area contributed by atoms with Gasteiger partial charge in [-0.15, -0.1) is 0 Å². The molecule has 1 aromatic carbocycles. The Balaban J connectivity index is 1.68. The topological polar surface area (TPSA) is 45.6 Å². The Morgan fingerprint density at radius 3 is 2.96 bits per heavy atom. The number of fused-ring (bicyclic) bond motifs is 4. The number of pyridine rings is 1. The lowest BCUT2D eigenvalue weighted by Crippen LogP contribution is -2.55. The van der Waals surface area contributed by atoms with Gasteiger partial charge in [0.1, 0.15) is 5.75 Å². The van der Waals surface area contributed by atoms with Crippen LogP contribution in [0, 0.1) is 11.8 Å². The highest BCUT2D eigenvalue weighted by molar-refractivity contribution is 5.83. The van der Waals surface area contributed by atoms with Gasteiger partial charge in [-0.05, 0) is 61.1 Å². The van der Waals surface area contributed by atoms with Crippen LogP contribution >= 0.6 is 0 Å². The van der Waals surface area contributed by atoms with Crippen molar-refractivity contribution in [2.45, 2.75) is 38.3 Å². The largest absolute Gasteiger partial charge is 0.497 e. The molecule has 3 saturated heterocycles. The number of hydrogen-bond acceptors (Lipinski definition) is 4. The Hall–Kier alpha value is -1.65. The molecule has 4 heteroatoms. The maximum Gasteiger partial charge on any atom is 0.119 e. The Morgan fingerprint density at radius 1 is 1.38 bits per heavy atom. The van der Waals surface area contributed by atoms with Crippen LogP contribution in [0.1, 0.15) is 37.9 Å². The van der Waals surface area contributed by atoms with Crippen molar-refractivity contribution >= 4 is 10.9 Å². The van der Waals surface area contributed by atoms with Crippen LogP contribution in [-0.2, 0) is 0 Å². The Labute approximate surface area is 143 Å². The molecule has 5 rings (SSSR count). The maximum atomic E-state index is 11.2. The molecule has 0 aliphatic carbocycles. The fourth-order valence-corrected chi connectivity index (χ4v) is 4.71. The molecule has 2 unspecified atom stereocenters. The summed E-state index contributed by atoms with van der Waals surface area (Å²) >= 11 is 0. The summed E-state index contributed by atoms with van der Waals surface area (Å²) in [6, 6.07) is 8.07. The quantitative estimate of drug-likeness (QED) is 0.935. The molecular formula is C20H26N2O2. The molecule has 3 aliphatic heterocycles. The number of rotatable bonds is 4. The van der Waals surface area contributed by atoms with Crippen LogP contribution in [0.4, 0.5) is 0 Å². The van der Waals surface area contributed by atoms with Crippen molar-refractivity contribution in [2.24, 2.45) is 11.8 Å². The highest BCUT2D eigenvalue weighted by Crippen LogP contribution is 2.42. The third-order valence-electron chi connectivity index (χ3n) is 6.13. The smallest absolute Gasteiger partial charge is 0.119 e. The summed E-state index contributed by atoms with van der Waals surface area (Å²) in [5.41, 5.74) is 1.89. The first-order chi connectivity index (χ1) is 11.7. The fraction of sp³-hybridized carbons (Fsp3) is 0.550. The fourth-order valence-electron chi connectivity index (χ4n) is 4.71. The van der Waals surface area contributed by atoms with Crippen LogP contribution in [0.25, 0.3) is 10.9 Å². The summed E-state index contributed by atoms with van der Waals surface area (Å²) in [5.74, 6) is 2.37. The number of nitrogens with zero attached hydrogens (tertiary/aromatic N) is 2. The molecule has 1 N–H and O–H groups in total. The molecule has 0 spiro atoms. The first-order valence-corrected chi connectivity index (χ1v) is 9.06. The molecule has 2 bridgehead atoms. The van der Waals surface area contributed by atoms with Crippen LogP contribution in [-0.4, -0.2) is 41.2 Å². The zero-order valence-electron chi connectivity index (χ0n) is 14.5. The predicted molar refractivity (Wildman–Crippen MR) is 95.1 cm³/mol. The van der Waals surface area contributed by atoms with Gasteiger partial charge in [-0.25, -0.2) is 0 Å². The van der Waals surface area contributed by atoms with Gasteiger partial charge in [0.15, 0.2) is 0 Å². The van der Waals surface area contributed by atoms with Crippen molar-refractivity contribution in [3.05, 3.63) is 36.0 Å². The third kappa shape index (κ3) is 2.58. The van der Waals surface area contributed by atoms with Gasteiger partial charge in [0.25, 0.3) is 0 Å². The minimum Gasteiger partial charge on any atom is -0.497 e. The molecule has 2 aromatic rings. The molecule has 5 atom stereocenters. The summed E-state index contributed by atoms with van der Waals surface area (Å²) in [4.78, 5) is 6.94. The van der Waals surface area contributed by atoms with E-state index < -0.39 is 6.10 Å². The Bertz CT molecular complexity index is 733. The highest BCUT2D eigenvalue weighted by Gasteiger charge is 2.42. The van der Waals surface area contributed by atoms with Gasteiger partial charge in [0.2, 0.25) is 0 Å². The van der Waals surface area contributed by atoms with E-state index in [4.69, 9.17) is 4.74 Å². The van der Waals surface area contributed by atoms with Gasteiger partial charge in [0.05, 0.1) is 18.7 Å². The zero-order valence-corrected chi connectivity index (χ0v) is 14.5.